The fraction of sp³-hybridized carbons (Fsp3) is 0.562. The van der Waals surface area contributed by atoms with Crippen molar-refractivity contribution < 1.29 is 9.90 Å². The van der Waals surface area contributed by atoms with Crippen molar-refractivity contribution in [3.8, 4) is 0 Å². The third kappa shape index (κ3) is 2.72. The van der Waals surface area contributed by atoms with Crippen LogP contribution in [0.5, 0.6) is 0 Å². The SMILES string of the molecule is Cc1ccc2c(c1)C(N1CCN(CC(=O)O)CC1)CC2. The Hall–Kier alpha value is -1.39. The van der Waals surface area contributed by atoms with Gasteiger partial charge < -0.3 is 5.11 Å². The Kier molecular flexibility index (Phi) is 3.76. The predicted octanol–water partition coefficient (Wildman–Crippen LogP) is 1.68. The zero-order valence-corrected chi connectivity index (χ0v) is 12.0. The molecule has 1 aliphatic carbocycles. The summed E-state index contributed by atoms with van der Waals surface area (Å²) in [6, 6.07) is 7.34. The van der Waals surface area contributed by atoms with Gasteiger partial charge in [0.2, 0.25) is 0 Å². The molecule has 108 valence electrons. The summed E-state index contributed by atoms with van der Waals surface area (Å²) in [5.74, 6) is -0.722. The highest BCUT2D eigenvalue weighted by Gasteiger charge is 2.30. The standard InChI is InChI=1S/C16H22N2O2/c1-12-2-3-13-4-5-15(14(13)10-12)18-8-6-17(7-9-18)11-16(19)20/h2-3,10,15H,4-9,11H2,1H3,(H,19,20). The number of hydrogen-bond donors (Lipinski definition) is 1. The van der Waals surface area contributed by atoms with Gasteiger partial charge >= 0.3 is 5.97 Å². The average molecular weight is 274 g/mol. The summed E-state index contributed by atoms with van der Waals surface area (Å²) in [5.41, 5.74) is 4.32. The number of hydrogen-bond acceptors (Lipinski definition) is 3. The van der Waals surface area contributed by atoms with Gasteiger partial charge in [0, 0.05) is 32.2 Å². The van der Waals surface area contributed by atoms with Crippen molar-refractivity contribution in [3.63, 3.8) is 0 Å². The lowest BCUT2D eigenvalue weighted by Crippen LogP contribution is -2.48. The van der Waals surface area contributed by atoms with Crippen molar-refractivity contribution >= 4 is 5.97 Å². The minimum atomic E-state index is -0.722. The van der Waals surface area contributed by atoms with E-state index in [4.69, 9.17) is 5.11 Å². The molecule has 1 aromatic rings. The Labute approximate surface area is 120 Å². The summed E-state index contributed by atoms with van der Waals surface area (Å²) in [6.45, 7) is 6.01. The van der Waals surface area contributed by atoms with Gasteiger partial charge in [0.1, 0.15) is 0 Å². The molecule has 1 aromatic carbocycles. The second-order valence-electron chi connectivity index (χ2n) is 5.96. The Morgan fingerprint density at radius 3 is 2.75 bits per heavy atom. The summed E-state index contributed by atoms with van der Waals surface area (Å²) in [4.78, 5) is 15.3. The highest BCUT2D eigenvalue weighted by Crippen LogP contribution is 2.36. The van der Waals surface area contributed by atoms with E-state index in [2.05, 4.69) is 30.0 Å². The zero-order valence-electron chi connectivity index (χ0n) is 12.0. The van der Waals surface area contributed by atoms with E-state index in [1.807, 2.05) is 4.90 Å². The Bertz CT molecular complexity index is 507. The molecule has 1 saturated heterocycles. The normalized spacial score (nSPS) is 23.8. The number of fused-ring (bicyclic) bond motifs is 1. The molecular weight excluding hydrogens is 252 g/mol. The van der Waals surface area contributed by atoms with Crippen molar-refractivity contribution in [1.82, 2.24) is 9.80 Å². The molecule has 1 heterocycles. The quantitative estimate of drug-likeness (QED) is 0.911. The van der Waals surface area contributed by atoms with Crippen molar-refractivity contribution in [2.45, 2.75) is 25.8 Å². The largest absolute Gasteiger partial charge is 0.480 e. The van der Waals surface area contributed by atoms with E-state index in [0.717, 1.165) is 26.2 Å². The molecule has 2 aliphatic rings. The Balaban J connectivity index is 1.66. The minimum Gasteiger partial charge on any atom is -0.480 e. The molecule has 4 nitrogen and oxygen atoms in total. The second kappa shape index (κ2) is 5.54. The molecule has 20 heavy (non-hydrogen) atoms. The Morgan fingerprint density at radius 1 is 1.30 bits per heavy atom. The van der Waals surface area contributed by atoms with E-state index < -0.39 is 5.97 Å². The summed E-state index contributed by atoms with van der Waals surface area (Å²) >= 11 is 0. The van der Waals surface area contributed by atoms with Crippen LogP contribution < -0.4 is 0 Å². The molecule has 3 rings (SSSR count). The first-order chi connectivity index (χ1) is 9.63. The molecule has 0 amide bonds. The summed E-state index contributed by atoms with van der Waals surface area (Å²) in [7, 11) is 0. The minimum absolute atomic E-state index is 0.175. The lowest BCUT2D eigenvalue weighted by molar-refractivity contribution is -0.138. The molecular formula is C16H22N2O2. The number of carbonyl (C=O) groups is 1. The molecule has 1 atom stereocenters. The molecule has 0 spiro atoms. The topological polar surface area (TPSA) is 43.8 Å². The molecule has 1 aliphatic heterocycles. The van der Waals surface area contributed by atoms with Gasteiger partial charge in [-0.2, -0.15) is 0 Å². The van der Waals surface area contributed by atoms with Gasteiger partial charge in [0.05, 0.1) is 6.54 Å². The molecule has 0 radical (unpaired) electrons. The fourth-order valence-corrected chi connectivity index (χ4v) is 3.50. The summed E-state index contributed by atoms with van der Waals surface area (Å²) in [5, 5.41) is 8.85. The number of piperazine rings is 1. The molecule has 0 aromatic heterocycles. The third-order valence-electron chi connectivity index (χ3n) is 4.55. The van der Waals surface area contributed by atoms with Crippen molar-refractivity contribution in [3.05, 3.63) is 34.9 Å². The van der Waals surface area contributed by atoms with E-state index in [0.29, 0.717) is 6.04 Å². The van der Waals surface area contributed by atoms with E-state index >= 15 is 0 Å². The van der Waals surface area contributed by atoms with E-state index in [1.165, 1.54) is 29.5 Å². The third-order valence-corrected chi connectivity index (χ3v) is 4.55. The molecule has 1 fully saturated rings. The maximum absolute atomic E-state index is 10.8. The van der Waals surface area contributed by atoms with Crippen LogP contribution in [0.4, 0.5) is 0 Å². The van der Waals surface area contributed by atoms with Gasteiger partial charge in [-0.15, -0.1) is 0 Å². The predicted molar refractivity (Wildman–Crippen MR) is 77.9 cm³/mol. The lowest BCUT2D eigenvalue weighted by Gasteiger charge is -2.37. The van der Waals surface area contributed by atoms with E-state index in [9.17, 15) is 4.79 Å². The number of benzene rings is 1. The monoisotopic (exact) mass is 274 g/mol. The number of aryl methyl sites for hydroxylation is 2. The van der Waals surface area contributed by atoms with Crippen molar-refractivity contribution in [2.75, 3.05) is 32.7 Å². The lowest BCUT2D eigenvalue weighted by atomic mass is 10.0. The van der Waals surface area contributed by atoms with Crippen LogP contribution in [0.15, 0.2) is 18.2 Å². The molecule has 1 unspecified atom stereocenters. The first-order valence-corrected chi connectivity index (χ1v) is 7.41. The second-order valence-corrected chi connectivity index (χ2v) is 5.96. The van der Waals surface area contributed by atoms with Crippen LogP contribution in [0.3, 0.4) is 0 Å². The maximum atomic E-state index is 10.8. The number of nitrogens with zero attached hydrogens (tertiary/aromatic N) is 2. The number of carboxylic acid groups (broad SMARTS) is 1. The number of carboxylic acids is 1. The van der Waals surface area contributed by atoms with Gasteiger partial charge in [-0.25, -0.2) is 0 Å². The number of rotatable bonds is 3. The van der Waals surface area contributed by atoms with Crippen LogP contribution >= 0.6 is 0 Å². The molecule has 0 saturated carbocycles. The first-order valence-electron chi connectivity index (χ1n) is 7.41. The number of aliphatic carboxylic acids is 1. The van der Waals surface area contributed by atoms with Crippen LogP contribution in [-0.4, -0.2) is 53.6 Å². The Morgan fingerprint density at radius 2 is 2.05 bits per heavy atom. The van der Waals surface area contributed by atoms with Crippen molar-refractivity contribution in [2.24, 2.45) is 0 Å². The molecule has 4 heteroatoms. The highest BCUT2D eigenvalue weighted by molar-refractivity contribution is 5.69. The van der Waals surface area contributed by atoms with Crippen LogP contribution in [0.25, 0.3) is 0 Å². The first kappa shape index (κ1) is 13.6. The average Bonchev–Trinajstić information content (AvgIpc) is 2.82. The highest BCUT2D eigenvalue weighted by atomic mass is 16.4. The van der Waals surface area contributed by atoms with Crippen LogP contribution in [0.2, 0.25) is 0 Å². The van der Waals surface area contributed by atoms with Gasteiger partial charge in [0.25, 0.3) is 0 Å². The van der Waals surface area contributed by atoms with Crippen molar-refractivity contribution in [1.29, 1.82) is 0 Å². The zero-order chi connectivity index (χ0) is 14.1. The molecule has 0 bridgehead atoms. The van der Waals surface area contributed by atoms with Crippen LogP contribution in [-0.2, 0) is 11.2 Å². The fourth-order valence-electron chi connectivity index (χ4n) is 3.50. The van der Waals surface area contributed by atoms with Gasteiger partial charge in [-0.05, 0) is 30.9 Å². The van der Waals surface area contributed by atoms with Gasteiger partial charge in [-0.1, -0.05) is 23.8 Å². The summed E-state index contributed by atoms with van der Waals surface area (Å²) < 4.78 is 0. The van der Waals surface area contributed by atoms with Crippen LogP contribution in [0.1, 0.15) is 29.2 Å². The summed E-state index contributed by atoms with van der Waals surface area (Å²) in [6.07, 6.45) is 2.38. The van der Waals surface area contributed by atoms with E-state index in [-0.39, 0.29) is 6.54 Å². The van der Waals surface area contributed by atoms with Crippen LogP contribution in [0, 0.1) is 6.92 Å². The van der Waals surface area contributed by atoms with E-state index in [1.54, 1.807) is 0 Å². The smallest absolute Gasteiger partial charge is 0.317 e. The maximum Gasteiger partial charge on any atom is 0.317 e. The van der Waals surface area contributed by atoms with Gasteiger partial charge in [0.15, 0.2) is 0 Å². The molecule has 1 N–H and O–H groups in total. The van der Waals surface area contributed by atoms with Gasteiger partial charge in [-0.3, -0.25) is 14.6 Å².